The fourth-order valence-electron chi connectivity index (χ4n) is 7.99. The second kappa shape index (κ2) is 12.8. The number of rotatable bonds is 8. The Morgan fingerprint density at radius 3 is 1.61 bits per heavy atom. The standard InChI is InChI=1S/C47H35F2NO4/c1-28-38-25-26-47(30-7-16-35(51-2)17-8-30,54-46(38)45-42(49)24-23-40-39-22-9-31(48)27-41(39)43(28)44(40)45)29-5-10-32(11-6-29)50(33-12-18-36(52-3)19-13-33)34-14-20-37(53-4)21-15-34/h5-27H,1-4H3. The SMILES string of the molecule is COc1ccc(N(c2ccc(OC)cc2)c2ccc(C3(c4ccc(OC)cc4)C=Cc4c(C)c5c6c(ccc(F)c6c4O3)-c3ccc(F)cc3-5)cc2)cc1. The minimum absolute atomic E-state index is 0.335. The van der Waals surface area contributed by atoms with Crippen LogP contribution in [0.2, 0.25) is 0 Å². The van der Waals surface area contributed by atoms with Gasteiger partial charge in [0.1, 0.15) is 34.6 Å². The topological polar surface area (TPSA) is 40.2 Å². The van der Waals surface area contributed by atoms with E-state index in [9.17, 15) is 4.39 Å². The van der Waals surface area contributed by atoms with Crippen molar-refractivity contribution in [1.29, 1.82) is 0 Å². The number of benzene rings is 7. The average Bonchev–Trinajstić information content (AvgIpc) is 3.54. The molecule has 1 unspecified atom stereocenters. The molecule has 0 bridgehead atoms. The number of nitrogens with zero attached hydrogens (tertiary/aromatic N) is 1. The fourth-order valence-corrected chi connectivity index (χ4v) is 7.99. The van der Waals surface area contributed by atoms with Crippen LogP contribution in [0.4, 0.5) is 25.8 Å². The first-order valence-corrected chi connectivity index (χ1v) is 17.6. The van der Waals surface area contributed by atoms with Crippen LogP contribution in [0.15, 0.2) is 133 Å². The van der Waals surface area contributed by atoms with Crippen molar-refractivity contribution in [3.8, 4) is 45.3 Å². The molecule has 0 aromatic heterocycles. The number of anilines is 3. The van der Waals surface area contributed by atoms with Crippen LogP contribution in [-0.2, 0) is 5.60 Å². The summed E-state index contributed by atoms with van der Waals surface area (Å²) >= 11 is 0. The van der Waals surface area contributed by atoms with Crippen LogP contribution in [0.1, 0.15) is 22.3 Å². The van der Waals surface area contributed by atoms with E-state index >= 15 is 4.39 Å². The molecule has 7 aromatic carbocycles. The van der Waals surface area contributed by atoms with Gasteiger partial charge in [-0.05, 0) is 132 Å². The smallest absolute Gasteiger partial charge is 0.178 e. The van der Waals surface area contributed by atoms with Crippen molar-refractivity contribution in [1.82, 2.24) is 0 Å². The highest BCUT2D eigenvalue weighted by atomic mass is 19.1. The van der Waals surface area contributed by atoms with Crippen LogP contribution in [0.3, 0.4) is 0 Å². The van der Waals surface area contributed by atoms with Crippen LogP contribution in [0.5, 0.6) is 23.0 Å². The predicted molar refractivity (Wildman–Crippen MR) is 211 cm³/mol. The van der Waals surface area contributed by atoms with E-state index in [2.05, 4.69) is 29.2 Å². The average molecular weight is 716 g/mol. The highest BCUT2D eigenvalue weighted by Gasteiger charge is 2.40. The van der Waals surface area contributed by atoms with Gasteiger partial charge in [-0.1, -0.05) is 42.5 Å². The monoisotopic (exact) mass is 715 g/mol. The molecule has 1 atom stereocenters. The predicted octanol–water partition coefficient (Wildman–Crippen LogP) is 11.9. The molecular weight excluding hydrogens is 681 g/mol. The third-order valence-corrected chi connectivity index (χ3v) is 10.7. The zero-order valence-corrected chi connectivity index (χ0v) is 30.1. The van der Waals surface area contributed by atoms with Gasteiger partial charge in [-0.25, -0.2) is 8.78 Å². The quantitative estimate of drug-likeness (QED) is 0.157. The van der Waals surface area contributed by atoms with Gasteiger partial charge in [0.2, 0.25) is 0 Å². The number of ether oxygens (including phenoxy) is 4. The first-order valence-electron chi connectivity index (χ1n) is 17.6. The Labute approximate surface area is 312 Å². The molecule has 0 saturated heterocycles. The molecule has 54 heavy (non-hydrogen) atoms. The fraction of sp³-hybridized carbons (Fsp3) is 0.106. The molecule has 0 spiro atoms. The summed E-state index contributed by atoms with van der Waals surface area (Å²) in [6, 6.07) is 39.8. The summed E-state index contributed by atoms with van der Waals surface area (Å²) in [6.07, 6.45) is 4.05. The van der Waals surface area contributed by atoms with Crippen LogP contribution < -0.4 is 23.8 Å². The Morgan fingerprint density at radius 2 is 1.06 bits per heavy atom. The molecule has 0 radical (unpaired) electrons. The lowest BCUT2D eigenvalue weighted by Crippen LogP contribution is -2.34. The van der Waals surface area contributed by atoms with Crippen molar-refractivity contribution in [3.63, 3.8) is 0 Å². The lowest BCUT2D eigenvalue weighted by atomic mass is 9.81. The minimum Gasteiger partial charge on any atom is -0.497 e. The van der Waals surface area contributed by atoms with E-state index in [0.29, 0.717) is 16.9 Å². The molecule has 266 valence electrons. The minimum atomic E-state index is -1.14. The number of methoxy groups -OCH3 is 3. The number of halogens is 2. The molecule has 0 amide bonds. The van der Waals surface area contributed by atoms with Crippen molar-refractivity contribution in [3.05, 3.63) is 167 Å². The van der Waals surface area contributed by atoms with Gasteiger partial charge in [0.15, 0.2) is 5.60 Å². The van der Waals surface area contributed by atoms with Crippen molar-refractivity contribution >= 4 is 33.9 Å². The highest BCUT2D eigenvalue weighted by molar-refractivity contribution is 6.19. The molecule has 1 aliphatic carbocycles. The summed E-state index contributed by atoms with van der Waals surface area (Å²) in [5.74, 6) is 1.94. The second-order valence-electron chi connectivity index (χ2n) is 13.5. The maximum atomic E-state index is 16.3. The Bertz CT molecular complexity index is 2550. The highest BCUT2D eigenvalue weighted by Crippen LogP contribution is 2.56. The lowest BCUT2D eigenvalue weighted by Gasteiger charge is -2.38. The number of hydrogen-bond donors (Lipinski definition) is 0. The number of hydrogen-bond acceptors (Lipinski definition) is 5. The molecule has 0 saturated carbocycles. The first kappa shape index (κ1) is 33.3. The third kappa shape index (κ3) is 5.11. The van der Waals surface area contributed by atoms with E-state index < -0.39 is 11.4 Å². The molecule has 1 heterocycles. The van der Waals surface area contributed by atoms with Gasteiger partial charge in [-0.3, -0.25) is 0 Å². The zero-order chi connectivity index (χ0) is 37.1. The van der Waals surface area contributed by atoms with Gasteiger partial charge >= 0.3 is 0 Å². The van der Waals surface area contributed by atoms with Crippen molar-refractivity contribution < 1.29 is 27.7 Å². The van der Waals surface area contributed by atoms with E-state index in [1.807, 2.05) is 91.9 Å². The van der Waals surface area contributed by atoms with E-state index in [0.717, 1.165) is 78.5 Å². The Morgan fingerprint density at radius 1 is 0.556 bits per heavy atom. The van der Waals surface area contributed by atoms with E-state index in [1.165, 1.54) is 12.1 Å². The second-order valence-corrected chi connectivity index (χ2v) is 13.5. The summed E-state index contributed by atoms with van der Waals surface area (Å²) in [6.45, 7) is 2.00. The van der Waals surface area contributed by atoms with E-state index in [-0.39, 0.29) is 5.82 Å². The van der Waals surface area contributed by atoms with Gasteiger partial charge in [0.05, 0.1) is 26.7 Å². The third-order valence-electron chi connectivity index (χ3n) is 10.7. The molecule has 7 heteroatoms. The Balaban J connectivity index is 1.21. The maximum absolute atomic E-state index is 16.3. The van der Waals surface area contributed by atoms with Gasteiger partial charge in [-0.2, -0.15) is 0 Å². The maximum Gasteiger partial charge on any atom is 0.178 e. The summed E-state index contributed by atoms with van der Waals surface area (Å²) in [4.78, 5) is 2.15. The molecule has 7 aromatic rings. The van der Waals surface area contributed by atoms with E-state index in [1.54, 1.807) is 39.5 Å². The number of fused-ring (bicyclic) bond motifs is 5. The Hall–Kier alpha value is -6.60. The molecule has 9 rings (SSSR count). The van der Waals surface area contributed by atoms with Crippen molar-refractivity contribution in [2.75, 3.05) is 26.2 Å². The molecule has 5 nitrogen and oxygen atoms in total. The summed E-state index contributed by atoms with van der Waals surface area (Å²) in [5, 5.41) is 1.11. The zero-order valence-electron chi connectivity index (χ0n) is 30.1. The van der Waals surface area contributed by atoms with Crippen LogP contribution in [0.25, 0.3) is 39.1 Å². The summed E-state index contributed by atoms with van der Waals surface area (Å²) in [5.41, 5.74) is 8.33. The first-order chi connectivity index (χ1) is 26.3. The van der Waals surface area contributed by atoms with Crippen molar-refractivity contribution in [2.45, 2.75) is 12.5 Å². The van der Waals surface area contributed by atoms with Crippen molar-refractivity contribution in [2.24, 2.45) is 0 Å². The van der Waals surface area contributed by atoms with Gasteiger partial charge in [-0.15, -0.1) is 0 Å². The molecular formula is C47H35F2NO4. The van der Waals surface area contributed by atoms with Crippen LogP contribution in [0, 0.1) is 18.6 Å². The summed E-state index contributed by atoms with van der Waals surface area (Å²) < 4.78 is 54.6. The van der Waals surface area contributed by atoms with Gasteiger partial charge in [0.25, 0.3) is 0 Å². The normalized spacial score (nSPS) is 15.0. The molecule has 0 fully saturated rings. The van der Waals surface area contributed by atoms with Crippen LogP contribution >= 0.6 is 0 Å². The molecule has 2 aliphatic rings. The largest absolute Gasteiger partial charge is 0.497 e. The summed E-state index contributed by atoms with van der Waals surface area (Å²) in [7, 11) is 4.93. The molecule has 0 N–H and O–H groups in total. The van der Waals surface area contributed by atoms with Gasteiger partial charge < -0.3 is 23.8 Å². The lowest BCUT2D eigenvalue weighted by molar-refractivity contribution is 0.163. The molecule has 1 aliphatic heterocycles. The van der Waals surface area contributed by atoms with E-state index in [4.69, 9.17) is 18.9 Å². The van der Waals surface area contributed by atoms with Crippen LogP contribution in [-0.4, -0.2) is 21.3 Å². The Kier molecular flexibility index (Phi) is 7.89. The van der Waals surface area contributed by atoms with Gasteiger partial charge in [0, 0.05) is 39.1 Å².